The lowest BCUT2D eigenvalue weighted by molar-refractivity contribution is -0.0541. The molecule has 0 N–H and O–H groups in total. The van der Waals surface area contributed by atoms with Gasteiger partial charge in [-0.2, -0.15) is 0 Å². The predicted octanol–water partition coefficient (Wildman–Crippen LogP) is 26.1. The van der Waals surface area contributed by atoms with Gasteiger partial charge in [0.25, 0.3) is 0 Å². The molecule has 0 aliphatic heterocycles. The van der Waals surface area contributed by atoms with E-state index in [9.17, 15) is 0 Å². The second-order valence-electron chi connectivity index (χ2n) is 34.6. The van der Waals surface area contributed by atoms with Gasteiger partial charge in [0.05, 0.1) is 36.6 Å². The van der Waals surface area contributed by atoms with Gasteiger partial charge in [0.1, 0.15) is 0 Å². The molecule has 6 fully saturated rings. The van der Waals surface area contributed by atoms with Crippen LogP contribution in [0.3, 0.4) is 0 Å². The van der Waals surface area contributed by atoms with Crippen molar-refractivity contribution in [2.45, 2.75) is 138 Å². The Morgan fingerprint density at radius 1 is 0.240 bits per heavy atom. The zero-order valence-corrected chi connectivity index (χ0v) is 61.5. The summed E-state index contributed by atoms with van der Waals surface area (Å²) in [5, 5.41) is 26.2. The maximum atomic E-state index is 6.68. The highest BCUT2D eigenvalue weighted by Gasteiger charge is 2.51. The molecule has 6 aliphatic rings. The van der Waals surface area contributed by atoms with Gasteiger partial charge in [0, 0.05) is 0 Å². The maximum Gasteiger partial charge on any atom is 0.0875 e. The molecular weight excluding hydrogens is 1210 g/mol. The first kappa shape index (κ1) is 65.6. The fourth-order valence-corrected chi connectivity index (χ4v) is 21.2. The fourth-order valence-electron chi connectivity index (χ4n) is 21.2. The van der Waals surface area contributed by atoms with Crippen molar-refractivity contribution < 1.29 is 14.2 Å². The van der Waals surface area contributed by atoms with Crippen molar-refractivity contribution in [3.63, 3.8) is 0 Å². The average Bonchev–Trinajstić information content (AvgIpc) is 1.28. The van der Waals surface area contributed by atoms with Gasteiger partial charge >= 0.3 is 0 Å². The summed E-state index contributed by atoms with van der Waals surface area (Å²) in [5.74, 6) is 12.8. The molecule has 0 radical (unpaired) electrons. The molecule has 100 heavy (non-hydrogen) atoms. The van der Waals surface area contributed by atoms with Crippen LogP contribution in [0.4, 0.5) is 0 Å². The van der Waals surface area contributed by atoms with E-state index in [1.807, 2.05) is 0 Å². The summed E-state index contributed by atoms with van der Waals surface area (Å²) < 4.78 is 20.0. The molecular formula is C97H104O3. The van der Waals surface area contributed by atoms with Crippen molar-refractivity contribution in [2.24, 2.45) is 88.8 Å². The van der Waals surface area contributed by atoms with Crippen LogP contribution in [0.2, 0.25) is 0 Å². The minimum atomic E-state index is -0.294. The van der Waals surface area contributed by atoms with E-state index >= 15 is 0 Å². The molecule has 0 saturated heterocycles. The lowest BCUT2D eigenvalue weighted by atomic mass is 9.76. The van der Waals surface area contributed by atoms with Gasteiger partial charge in [-0.1, -0.05) is 175 Å². The second kappa shape index (κ2) is 25.4. The second-order valence-corrected chi connectivity index (χ2v) is 34.6. The fraction of sp³-hybridized carbons (Fsp3) is 0.402. The van der Waals surface area contributed by atoms with Crippen LogP contribution in [-0.4, -0.2) is 19.8 Å². The summed E-state index contributed by atoms with van der Waals surface area (Å²) in [5.41, 5.74) is 2.96. The minimum Gasteiger partial charge on any atom is -0.371 e. The van der Waals surface area contributed by atoms with Crippen LogP contribution in [0.15, 0.2) is 212 Å². The van der Waals surface area contributed by atoms with Crippen LogP contribution in [0.1, 0.15) is 138 Å². The van der Waals surface area contributed by atoms with E-state index in [0.29, 0.717) is 0 Å². The van der Waals surface area contributed by atoms with Gasteiger partial charge in [0.15, 0.2) is 0 Å². The Labute approximate surface area is 594 Å². The highest BCUT2D eigenvalue weighted by molar-refractivity contribution is 6.25. The molecule has 3 heteroatoms. The van der Waals surface area contributed by atoms with E-state index in [1.165, 1.54) is 163 Å². The van der Waals surface area contributed by atoms with Crippen LogP contribution >= 0.6 is 0 Å². The smallest absolute Gasteiger partial charge is 0.0875 e. The number of hydrogen-bond acceptors (Lipinski definition) is 3. The third-order valence-electron chi connectivity index (χ3n) is 28.2. The van der Waals surface area contributed by atoms with Crippen molar-refractivity contribution in [3.05, 3.63) is 229 Å². The predicted molar refractivity (Wildman–Crippen MR) is 425 cm³/mol. The lowest BCUT2D eigenvalue weighted by Crippen LogP contribution is -2.31. The largest absolute Gasteiger partial charge is 0.371 e. The summed E-state index contributed by atoms with van der Waals surface area (Å²) >= 11 is 0. The Balaban J connectivity index is 0.000000112. The molecule has 13 aromatic carbocycles. The normalized spacial score (nSPS) is 27.1. The molecule has 13 aromatic rings. The topological polar surface area (TPSA) is 27.7 Å². The SMILES string of the molecule is CC1C2CC(COC(C)(C)c3ccc4c5ccccc5c5ccccc5c4c3)C(C2)C1C.CC1C2CC(COC(C)(C)c3ccc4cc5cc6cc7ccccc7cc6cc5cc4c3)C(C2)C1C.CC1C2CC(COC(C)(C)c3ccc4cc5cc6ccccc6cc5cc4c3)C(C2)C1C. The van der Waals surface area contributed by atoms with Crippen LogP contribution in [0.5, 0.6) is 0 Å². The van der Waals surface area contributed by atoms with E-state index in [4.69, 9.17) is 14.2 Å². The quantitative estimate of drug-likeness (QED) is 0.0901. The van der Waals surface area contributed by atoms with Crippen molar-refractivity contribution in [1.82, 2.24) is 0 Å². The summed E-state index contributed by atoms with van der Waals surface area (Å²) in [7, 11) is 0. The Morgan fingerprint density at radius 2 is 0.480 bits per heavy atom. The van der Waals surface area contributed by atoms with E-state index in [2.05, 4.69) is 295 Å². The van der Waals surface area contributed by atoms with Crippen molar-refractivity contribution in [3.8, 4) is 0 Å². The zero-order chi connectivity index (χ0) is 68.7. The molecule has 19 rings (SSSR count). The first-order valence-electron chi connectivity index (χ1n) is 38.6. The summed E-state index contributed by atoms with van der Waals surface area (Å²) in [6.45, 7) is 30.9. The lowest BCUT2D eigenvalue weighted by Gasteiger charge is -2.34. The first-order valence-corrected chi connectivity index (χ1v) is 38.6. The first-order chi connectivity index (χ1) is 48.2. The molecule has 0 spiro atoms. The third kappa shape index (κ3) is 11.8. The Morgan fingerprint density at radius 3 is 0.780 bits per heavy atom. The highest BCUT2D eigenvalue weighted by atomic mass is 16.5. The van der Waals surface area contributed by atoms with Crippen LogP contribution in [-0.2, 0) is 31.0 Å². The van der Waals surface area contributed by atoms with E-state index in [1.54, 1.807) is 0 Å². The van der Waals surface area contributed by atoms with Gasteiger partial charge in [0.2, 0.25) is 0 Å². The maximum absolute atomic E-state index is 6.68. The summed E-state index contributed by atoms with van der Waals surface area (Å²) in [6.07, 6.45) is 8.36. The molecule has 0 amide bonds. The Bertz CT molecular complexity index is 5260. The van der Waals surface area contributed by atoms with Gasteiger partial charge in [-0.05, 0) is 372 Å². The van der Waals surface area contributed by atoms with Gasteiger partial charge < -0.3 is 14.2 Å². The summed E-state index contributed by atoms with van der Waals surface area (Å²) in [6, 6.07) is 78.9. The van der Waals surface area contributed by atoms with Crippen molar-refractivity contribution in [1.29, 1.82) is 0 Å². The standard InChI is InChI=1S/C35H36O.2C31H34O/c1-21-22(2)34-19-26(21)14-32(34)20-36-35(3,4)33-10-9-25-13-29-15-27-11-23-7-5-6-8-24(23)12-28(27)16-30(29)17-31(25)18-33;1-19-20(2)29-16-21(19)15-22(29)18-32-31(3,4)23-13-14-28-26-11-6-5-9-24(26)25-10-7-8-12-27(25)30(28)17-23;1-19-20(2)30-17-24(19)14-28(30)18-32-31(3,4)29-10-9-23-13-25-11-21-7-5-6-8-22(21)12-26(25)15-27(23)16-29/h5-13,15-18,21-22,26,32,34H,14,19-20H2,1-4H3;5-14,17,19-22,29H,15-16,18H2,1-4H3;5-13,15-16,19-20,24,28,30H,14,17-18H2,1-4H3. The van der Waals surface area contributed by atoms with Gasteiger partial charge in [-0.15, -0.1) is 0 Å². The Hall–Kier alpha value is -7.66. The summed E-state index contributed by atoms with van der Waals surface area (Å²) in [4.78, 5) is 0. The van der Waals surface area contributed by atoms with E-state index in [-0.39, 0.29) is 16.8 Å². The average molecular weight is 1320 g/mol. The molecule has 15 atom stereocenters. The number of rotatable bonds is 12. The van der Waals surface area contributed by atoms with Crippen LogP contribution < -0.4 is 0 Å². The number of ether oxygens (including phenoxy) is 3. The van der Waals surface area contributed by atoms with Crippen molar-refractivity contribution in [2.75, 3.05) is 19.8 Å². The number of fused-ring (bicyclic) bond motifs is 19. The minimum absolute atomic E-state index is 0.275. The molecule has 6 bridgehead atoms. The number of benzene rings is 13. The molecule has 3 nitrogen and oxygen atoms in total. The molecule has 510 valence electrons. The molecule has 0 heterocycles. The van der Waals surface area contributed by atoms with Crippen LogP contribution in [0, 0.1) is 88.8 Å². The zero-order valence-electron chi connectivity index (χ0n) is 61.5. The Kier molecular flexibility index (Phi) is 16.7. The van der Waals surface area contributed by atoms with Gasteiger partial charge in [-0.3, -0.25) is 0 Å². The number of hydrogen-bond donors (Lipinski definition) is 0. The highest BCUT2D eigenvalue weighted by Crippen LogP contribution is 2.58. The molecule has 15 unspecified atom stereocenters. The molecule has 6 saturated carbocycles. The van der Waals surface area contributed by atoms with Crippen molar-refractivity contribution >= 4 is 108 Å². The van der Waals surface area contributed by atoms with Crippen LogP contribution in [0.25, 0.3) is 108 Å². The molecule has 6 aliphatic carbocycles. The van der Waals surface area contributed by atoms with Gasteiger partial charge in [-0.25, -0.2) is 0 Å². The van der Waals surface area contributed by atoms with E-state index < -0.39 is 0 Å². The third-order valence-corrected chi connectivity index (χ3v) is 28.2. The van der Waals surface area contributed by atoms with E-state index in [0.717, 1.165) is 109 Å². The monoisotopic (exact) mass is 1320 g/mol. The molecule has 0 aromatic heterocycles.